The van der Waals surface area contributed by atoms with Crippen molar-refractivity contribution in [2.75, 3.05) is 11.4 Å². The average Bonchev–Trinajstić information content (AvgIpc) is 3.13. The van der Waals surface area contributed by atoms with E-state index in [0.29, 0.717) is 27.7 Å². The largest absolute Gasteiger partial charge is 0.352 e. The van der Waals surface area contributed by atoms with E-state index in [1.807, 2.05) is 51.1 Å². The summed E-state index contributed by atoms with van der Waals surface area (Å²) in [5.41, 5.74) is 2.02. The van der Waals surface area contributed by atoms with Gasteiger partial charge in [-0.25, -0.2) is 0 Å². The van der Waals surface area contributed by atoms with Crippen molar-refractivity contribution in [3.63, 3.8) is 0 Å². The van der Waals surface area contributed by atoms with Crippen LogP contribution in [-0.4, -0.2) is 41.2 Å². The third-order valence-electron chi connectivity index (χ3n) is 6.67. The molecule has 0 saturated carbocycles. The third-order valence-corrected chi connectivity index (χ3v) is 7.41. The van der Waals surface area contributed by atoms with E-state index >= 15 is 0 Å². The van der Waals surface area contributed by atoms with Crippen LogP contribution in [-0.2, 0) is 16.1 Å². The van der Waals surface area contributed by atoms with Gasteiger partial charge in [0.25, 0.3) is 5.91 Å². The molecule has 0 fully saturated rings. The Labute approximate surface area is 221 Å². The number of nitrogens with one attached hydrogen (secondary N) is 1. The molecule has 0 spiro atoms. The van der Waals surface area contributed by atoms with Crippen molar-refractivity contribution in [1.29, 1.82) is 0 Å². The first-order valence-electron chi connectivity index (χ1n) is 12.1. The fourth-order valence-electron chi connectivity index (χ4n) is 4.56. The molecule has 0 aromatic heterocycles. The quantitative estimate of drug-likeness (QED) is 0.382. The number of halogens is 2. The summed E-state index contributed by atoms with van der Waals surface area (Å²) in [5, 5.41) is 5.56. The van der Waals surface area contributed by atoms with Gasteiger partial charge in [-0.3, -0.25) is 19.3 Å². The summed E-state index contributed by atoms with van der Waals surface area (Å²) >= 11 is 12.3. The van der Waals surface area contributed by atoms with Crippen LogP contribution in [0.5, 0.6) is 0 Å². The van der Waals surface area contributed by atoms with Crippen LogP contribution in [0.15, 0.2) is 54.6 Å². The zero-order valence-electron chi connectivity index (χ0n) is 20.6. The van der Waals surface area contributed by atoms with Crippen molar-refractivity contribution in [3.8, 4) is 0 Å². The molecule has 6 nitrogen and oxygen atoms in total. The average molecular weight is 526 g/mol. The van der Waals surface area contributed by atoms with Gasteiger partial charge in [-0.1, -0.05) is 67.4 Å². The highest BCUT2D eigenvalue weighted by atomic mass is 35.5. The van der Waals surface area contributed by atoms with E-state index in [0.717, 1.165) is 22.8 Å². The third kappa shape index (κ3) is 5.06. The molecule has 0 radical (unpaired) electrons. The second kappa shape index (κ2) is 10.9. The molecule has 36 heavy (non-hydrogen) atoms. The topological polar surface area (TPSA) is 69.7 Å². The minimum absolute atomic E-state index is 0.0271. The molecule has 3 amide bonds. The van der Waals surface area contributed by atoms with Crippen molar-refractivity contribution in [1.82, 2.24) is 10.2 Å². The maximum absolute atomic E-state index is 13.8. The number of hydrogen-bond acceptors (Lipinski definition) is 3. The zero-order chi connectivity index (χ0) is 26.0. The van der Waals surface area contributed by atoms with Gasteiger partial charge in [0.1, 0.15) is 12.6 Å². The Hall–Kier alpha value is -3.09. The van der Waals surface area contributed by atoms with E-state index in [1.165, 1.54) is 9.80 Å². The Morgan fingerprint density at radius 2 is 1.72 bits per heavy atom. The molecule has 3 aromatic rings. The first-order chi connectivity index (χ1) is 17.2. The summed E-state index contributed by atoms with van der Waals surface area (Å²) in [6.45, 7) is 5.76. The lowest BCUT2D eigenvalue weighted by Crippen LogP contribution is -2.53. The molecule has 0 bridgehead atoms. The predicted molar refractivity (Wildman–Crippen MR) is 145 cm³/mol. The molecule has 0 saturated heterocycles. The predicted octanol–water partition coefficient (Wildman–Crippen LogP) is 5.83. The highest BCUT2D eigenvalue weighted by molar-refractivity contribution is 6.42. The summed E-state index contributed by atoms with van der Waals surface area (Å²) < 4.78 is 0. The Balaban J connectivity index is 1.66. The minimum Gasteiger partial charge on any atom is -0.352 e. The van der Waals surface area contributed by atoms with Gasteiger partial charge in [0, 0.05) is 23.5 Å². The molecule has 3 aromatic carbocycles. The van der Waals surface area contributed by atoms with Crippen molar-refractivity contribution in [2.24, 2.45) is 0 Å². The summed E-state index contributed by atoms with van der Waals surface area (Å²) in [4.78, 5) is 43.3. The second-order valence-corrected chi connectivity index (χ2v) is 9.90. The smallest absolute Gasteiger partial charge is 0.259 e. The maximum atomic E-state index is 13.8. The van der Waals surface area contributed by atoms with Crippen LogP contribution in [0.4, 0.5) is 5.69 Å². The Morgan fingerprint density at radius 1 is 1.00 bits per heavy atom. The second-order valence-electron chi connectivity index (χ2n) is 9.08. The molecule has 8 heteroatoms. The lowest BCUT2D eigenvalue weighted by atomic mass is 10.1. The van der Waals surface area contributed by atoms with Gasteiger partial charge in [0.15, 0.2) is 0 Å². The molecule has 1 N–H and O–H groups in total. The van der Waals surface area contributed by atoms with Crippen LogP contribution in [0, 0.1) is 0 Å². The maximum Gasteiger partial charge on any atom is 0.259 e. The van der Waals surface area contributed by atoms with Gasteiger partial charge < -0.3 is 10.2 Å². The fraction of sp³-hybridized carbons (Fsp3) is 0.321. The lowest BCUT2D eigenvalue weighted by molar-refractivity contribution is -0.140. The molecular formula is C28H29Cl2N3O3. The molecule has 0 aliphatic carbocycles. The number of benzene rings is 3. The first-order valence-corrected chi connectivity index (χ1v) is 12.9. The van der Waals surface area contributed by atoms with Crippen LogP contribution >= 0.6 is 23.2 Å². The molecule has 1 aliphatic rings. The lowest BCUT2D eigenvalue weighted by Gasteiger charge is -2.33. The molecular weight excluding hydrogens is 497 g/mol. The van der Waals surface area contributed by atoms with Crippen molar-refractivity contribution >= 4 is 57.4 Å². The van der Waals surface area contributed by atoms with Gasteiger partial charge in [0.2, 0.25) is 11.8 Å². The van der Waals surface area contributed by atoms with Gasteiger partial charge in [-0.05, 0) is 55.0 Å². The van der Waals surface area contributed by atoms with Gasteiger partial charge >= 0.3 is 0 Å². The minimum atomic E-state index is -0.711. The molecule has 1 aliphatic heterocycles. The summed E-state index contributed by atoms with van der Waals surface area (Å²) in [5.74, 6) is -0.773. The number of carbonyl (C=O) groups is 3. The number of carbonyl (C=O) groups excluding carboxylic acids is 3. The number of hydrogen-bond donors (Lipinski definition) is 1. The highest BCUT2D eigenvalue weighted by Crippen LogP contribution is 2.37. The fourth-order valence-corrected chi connectivity index (χ4v) is 4.88. The molecule has 188 valence electrons. The van der Waals surface area contributed by atoms with Gasteiger partial charge in [-0.15, -0.1) is 0 Å². The first kappa shape index (κ1) is 26.0. The van der Waals surface area contributed by atoms with Crippen LogP contribution in [0.2, 0.25) is 10.0 Å². The highest BCUT2D eigenvalue weighted by Gasteiger charge is 2.35. The normalized spacial score (nSPS) is 14.1. The monoisotopic (exact) mass is 525 g/mol. The molecule has 4 rings (SSSR count). The molecule has 0 unspecified atom stereocenters. The Morgan fingerprint density at radius 3 is 2.39 bits per heavy atom. The number of anilines is 1. The zero-order valence-corrected chi connectivity index (χ0v) is 22.1. The summed E-state index contributed by atoms with van der Waals surface area (Å²) in [7, 11) is 0. The standard InChI is InChI=1S/C28H29Cl2N3O3/c1-4-17(3)31-27(35)23(5-2)32(15-18-12-13-21(29)22(30)14-18)25(34)16-33-24-11-7-9-19-8-6-10-20(26(19)24)28(33)36/h6-14,17,23H,4-5,15-16H2,1-3H3,(H,31,35)/t17-,23+/m0/s1. The van der Waals surface area contributed by atoms with E-state index in [1.54, 1.807) is 24.3 Å². The molecule has 2 atom stereocenters. The van der Waals surface area contributed by atoms with E-state index in [-0.39, 0.29) is 36.9 Å². The van der Waals surface area contributed by atoms with E-state index < -0.39 is 6.04 Å². The summed E-state index contributed by atoms with van der Waals surface area (Å²) in [6, 6.07) is 15.6. The summed E-state index contributed by atoms with van der Waals surface area (Å²) in [6.07, 6.45) is 1.19. The van der Waals surface area contributed by atoms with Crippen LogP contribution in [0.3, 0.4) is 0 Å². The SMILES string of the molecule is CC[C@H](C(=O)N[C@@H](C)CC)N(Cc1ccc(Cl)c(Cl)c1)C(=O)CN1C(=O)c2cccc3cccc1c23. The van der Waals surface area contributed by atoms with Crippen LogP contribution in [0.25, 0.3) is 10.8 Å². The van der Waals surface area contributed by atoms with Crippen molar-refractivity contribution < 1.29 is 14.4 Å². The number of amides is 3. The van der Waals surface area contributed by atoms with Crippen LogP contribution in [0.1, 0.15) is 49.5 Å². The Kier molecular flexibility index (Phi) is 7.86. The van der Waals surface area contributed by atoms with Crippen molar-refractivity contribution in [3.05, 3.63) is 75.8 Å². The number of nitrogens with zero attached hydrogens (tertiary/aromatic N) is 2. The van der Waals surface area contributed by atoms with Gasteiger partial charge in [-0.2, -0.15) is 0 Å². The van der Waals surface area contributed by atoms with Gasteiger partial charge in [0.05, 0.1) is 15.7 Å². The van der Waals surface area contributed by atoms with E-state index in [2.05, 4.69) is 5.32 Å². The van der Waals surface area contributed by atoms with Crippen molar-refractivity contribution in [2.45, 2.75) is 52.2 Å². The Bertz CT molecular complexity index is 1320. The molecule has 1 heterocycles. The van der Waals surface area contributed by atoms with E-state index in [9.17, 15) is 14.4 Å². The number of rotatable bonds is 9. The van der Waals surface area contributed by atoms with E-state index in [4.69, 9.17) is 23.2 Å². The van der Waals surface area contributed by atoms with Crippen LogP contribution < -0.4 is 10.2 Å².